The van der Waals surface area contributed by atoms with Gasteiger partial charge < -0.3 is 10.6 Å². The van der Waals surface area contributed by atoms with Crippen molar-refractivity contribution in [2.75, 3.05) is 13.1 Å². The molecule has 3 N–H and O–H groups in total. The highest BCUT2D eigenvalue weighted by atomic mass is 16.2. The summed E-state index contributed by atoms with van der Waals surface area (Å²) in [6.07, 6.45) is 4.17. The van der Waals surface area contributed by atoms with Crippen molar-refractivity contribution in [3.63, 3.8) is 0 Å². The van der Waals surface area contributed by atoms with Gasteiger partial charge in [-0.05, 0) is 25.8 Å². The molecular weight excluding hydrogens is 218 g/mol. The van der Waals surface area contributed by atoms with Crippen LogP contribution in [0.1, 0.15) is 42.6 Å². The molecule has 1 aromatic rings. The lowest BCUT2D eigenvalue weighted by atomic mass is 10.1. The summed E-state index contributed by atoms with van der Waals surface area (Å²) in [5.41, 5.74) is 0. The van der Waals surface area contributed by atoms with E-state index in [0.29, 0.717) is 12.6 Å². The minimum Gasteiger partial charge on any atom is -0.349 e. The monoisotopic (exact) mass is 237 g/mol. The molecule has 1 fully saturated rings. The molecule has 1 aliphatic heterocycles. The molecule has 0 aromatic carbocycles. The van der Waals surface area contributed by atoms with Crippen molar-refractivity contribution in [1.82, 2.24) is 25.8 Å². The number of hydrogen-bond donors (Lipinski definition) is 3. The average Bonchev–Trinajstić information content (AvgIpc) is 2.99. The summed E-state index contributed by atoms with van der Waals surface area (Å²) >= 11 is 0. The van der Waals surface area contributed by atoms with Gasteiger partial charge in [0, 0.05) is 19.0 Å². The number of carbonyl (C=O) groups excluding carboxylic acids is 1. The van der Waals surface area contributed by atoms with Crippen molar-refractivity contribution in [3.05, 3.63) is 11.6 Å². The van der Waals surface area contributed by atoms with Gasteiger partial charge in [0.1, 0.15) is 5.82 Å². The van der Waals surface area contributed by atoms with Crippen molar-refractivity contribution in [1.29, 1.82) is 0 Å². The summed E-state index contributed by atoms with van der Waals surface area (Å²) in [7, 11) is 0. The second-order valence-corrected chi connectivity index (χ2v) is 4.30. The Morgan fingerprint density at radius 2 is 2.47 bits per heavy atom. The van der Waals surface area contributed by atoms with Crippen LogP contribution in [0.2, 0.25) is 0 Å². The first-order chi connectivity index (χ1) is 8.29. The zero-order valence-corrected chi connectivity index (χ0v) is 10.1. The predicted molar refractivity (Wildman–Crippen MR) is 63.7 cm³/mol. The average molecular weight is 237 g/mol. The van der Waals surface area contributed by atoms with Gasteiger partial charge in [0.25, 0.3) is 5.91 Å². The zero-order valence-electron chi connectivity index (χ0n) is 10.1. The molecule has 6 nitrogen and oxygen atoms in total. The Hall–Kier alpha value is -1.43. The molecule has 0 aliphatic carbocycles. The number of H-pyrrole nitrogens is 1. The van der Waals surface area contributed by atoms with E-state index in [9.17, 15) is 4.79 Å². The molecule has 1 saturated heterocycles. The lowest BCUT2D eigenvalue weighted by Gasteiger charge is -2.09. The normalized spacial score (nSPS) is 19.5. The third-order valence-corrected chi connectivity index (χ3v) is 3.01. The summed E-state index contributed by atoms with van der Waals surface area (Å²) in [5, 5.41) is 12.8. The Morgan fingerprint density at radius 1 is 1.59 bits per heavy atom. The van der Waals surface area contributed by atoms with Crippen molar-refractivity contribution in [3.8, 4) is 0 Å². The Bertz CT molecular complexity index is 370. The summed E-state index contributed by atoms with van der Waals surface area (Å²) in [6.45, 7) is 3.74. The summed E-state index contributed by atoms with van der Waals surface area (Å²) < 4.78 is 0. The van der Waals surface area contributed by atoms with Gasteiger partial charge in [0.2, 0.25) is 5.82 Å². The van der Waals surface area contributed by atoms with Crippen LogP contribution < -0.4 is 10.6 Å². The van der Waals surface area contributed by atoms with E-state index in [4.69, 9.17) is 0 Å². The maximum Gasteiger partial charge on any atom is 0.290 e. The van der Waals surface area contributed by atoms with Crippen molar-refractivity contribution in [2.24, 2.45) is 0 Å². The quantitative estimate of drug-likeness (QED) is 0.685. The van der Waals surface area contributed by atoms with Crippen LogP contribution in [-0.2, 0) is 6.42 Å². The van der Waals surface area contributed by atoms with Crippen molar-refractivity contribution >= 4 is 5.91 Å². The number of rotatable bonds is 5. The van der Waals surface area contributed by atoms with Crippen molar-refractivity contribution < 1.29 is 4.79 Å². The van der Waals surface area contributed by atoms with Gasteiger partial charge in [0.05, 0.1) is 0 Å². The maximum absolute atomic E-state index is 11.7. The Kier molecular flexibility index (Phi) is 4.08. The second-order valence-electron chi connectivity index (χ2n) is 4.30. The third kappa shape index (κ3) is 3.26. The minimum atomic E-state index is -0.195. The van der Waals surface area contributed by atoms with Crippen LogP contribution in [0.4, 0.5) is 0 Å². The predicted octanol–water partition coefficient (Wildman–Crippen LogP) is 0.239. The number of amides is 1. The van der Waals surface area contributed by atoms with E-state index in [1.165, 1.54) is 12.8 Å². The van der Waals surface area contributed by atoms with Crippen LogP contribution >= 0.6 is 0 Å². The van der Waals surface area contributed by atoms with E-state index in [1.807, 2.05) is 6.92 Å². The van der Waals surface area contributed by atoms with Crippen LogP contribution in [0, 0.1) is 0 Å². The number of aromatic nitrogens is 3. The van der Waals surface area contributed by atoms with E-state index >= 15 is 0 Å². The molecule has 17 heavy (non-hydrogen) atoms. The smallest absolute Gasteiger partial charge is 0.290 e. The van der Waals surface area contributed by atoms with Crippen LogP contribution in [-0.4, -0.2) is 40.2 Å². The standard InChI is InChI=1S/C11H19N5O/c1-2-9-14-10(16-15-9)11(17)13-7-5-8-4-3-6-12-8/h8,12H,2-7H2,1H3,(H,13,17)(H,14,15,16). The highest BCUT2D eigenvalue weighted by molar-refractivity contribution is 5.90. The summed E-state index contributed by atoms with van der Waals surface area (Å²) in [6, 6.07) is 0.550. The number of nitrogens with one attached hydrogen (secondary N) is 3. The highest BCUT2D eigenvalue weighted by Gasteiger charge is 2.15. The molecule has 1 unspecified atom stereocenters. The fraction of sp³-hybridized carbons (Fsp3) is 0.727. The number of nitrogens with zero attached hydrogens (tertiary/aromatic N) is 2. The number of hydrogen-bond acceptors (Lipinski definition) is 4. The molecule has 1 aliphatic rings. The highest BCUT2D eigenvalue weighted by Crippen LogP contribution is 2.07. The molecule has 1 aromatic heterocycles. The minimum absolute atomic E-state index is 0.195. The lowest BCUT2D eigenvalue weighted by Crippen LogP contribution is -2.31. The van der Waals surface area contributed by atoms with Gasteiger partial charge in [-0.3, -0.25) is 9.89 Å². The van der Waals surface area contributed by atoms with Gasteiger partial charge in [-0.15, -0.1) is 5.10 Å². The molecule has 2 rings (SSSR count). The molecule has 1 amide bonds. The largest absolute Gasteiger partial charge is 0.349 e. The topological polar surface area (TPSA) is 82.7 Å². The van der Waals surface area contributed by atoms with Crippen LogP contribution in [0.15, 0.2) is 0 Å². The van der Waals surface area contributed by atoms with Crippen LogP contribution in [0.25, 0.3) is 0 Å². The molecule has 1 atom stereocenters. The van der Waals surface area contributed by atoms with Gasteiger partial charge in [-0.1, -0.05) is 6.92 Å². The third-order valence-electron chi connectivity index (χ3n) is 3.01. The molecule has 0 saturated carbocycles. The number of aryl methyl sites for hydroxylation is 1. The van der Waals surface area contributed by atoms with Crippen LogP contribution in [0.5, 0.6) is 0 Å². The van der Waals surface area contributed by atoms with E-state index in [1.54, 1.807) is 0 Å². The molecule has 2 heterocycles. The van der Waals surface area contributed by atoms with Gasteiger partial charge in [-0.25, -0.2) is 4.98 Å². The van der Waals surface area contributed by atoms with E-state index in [-0.39, 0.29) is 11.7 Å². The van der Waals surface area contributed by atoms with Gasteiger partial charge >= 0.3 is 0 Å². The first-order valence-electron chi connectivity index (χ1n) is 6.22. The lowest BCUT2D eigenvalue weighted by molar-refractivity contribution is 0.0942. The van der Waals surface area contributed by atoms with Crippen molar-refractivity contribution in [2.45, 2.75) is 38.6 Å². The first kappa shape index (κ1) is 12.0. The Balaban J connectivity index is 1.72. The van der Waals surface area contributed by atoms with E-state index in [2.05, 4.69) is 25.8 Å². The molecule has 94 valence electrons. The molecule has 6 heteroatoms. The number of aromatic amines is 1. The van der Waals surface area contributed by atoms with Crippen LogP contribution in [0.3, 0.4) is 0 Å². The molecular formula is C11H19N5O. The van der Waals surface area contributed by atoms with Gasteiger partial charge in [-0.2, -0.15) is 0 Å². The second kappa shape index (κ2) is 5.77. The molecule has 0 radical (unpaired) electrons. The first-order valence-corrected chi connectivity index (χ1v) is 6.22. The maximum atomic E-state index is 11.7. The molecule has 0 spiro atoms. The Morgan fingerprint density at radius 3 is 3.12 bits per heavy atom. The zero-order chi connectivity index (χ0) is 12.1. The fourth-order valence-electron chi connectivity index (χ4n) is 2.00. The van der Waals surface area contributed by atoms with Gasteiger partial charge in [0.15, 0.2) is 0 Å². The number of carbonyl (C=O) groups is 1. The summed E-state index contributed by atoms with van der Waals surface area (Å²) in [5.74, 6) is 0.785. The fourth-order valence-corrected chi connectivity index (χ4v) is 2.00. The van der Waals surface area contributed by atoms with E-state index < -0.39 is 0 Å². The summed E-state index contributed by atoms with van der Waals surface area (Å²) in [4.78, 5) is 15.8. The molecule has 0 bridgehead atoms. The Labute approximate surface area is 101 Å². The van der Waals surface area contributed by atoms with E-state index in [0.717, 1.165) is 25.2 Å². The SMILES string of the molecule is CCc1nc(C(=O)NCCC2CCCN2)n[nH]1.